The Morgan fingerprint density at radius 1 is 0.840 bits per heavy atom. The summed E-state index contributed by atoms with van der Waals surface area (Å²) in [5.41, 5.74) is 0.661. The first kappa shape index (κ1) is 41.4. The van der Waals surface area contributed by atoms with Gasteiger partial charge in [0, 0.05) is 32.1 Å². The van der Waals surface area contributed by atoms with E-state index in [1.54, 1.807) is 34.9 Å². The molecule has 7 unspecified atom stereocenters. The van der Waals surface area contributed by atoms with E-state index >= 15 is 0 Å². The van der Waals surface area contributed by atoms with E-state index in [4.69, 9.17) is 33.2 Å². The third-order valence-electron chi connectivity index (χ3n) is 10.5. The second-order valence-electron chi connectivity index (χ2n) is 14.7. The zero-order valence-electron chi connectivity index (χ0n) is 31.8. The first-order chi connectivity index (χ1) is 23.4. The standard InChI is InChI=1S/C37H59NO12/c1-13-26-16-21(6)32-35(50-37(43)49-32)30(42)19(4)15-20(5)31(22(7)18(3)17-28(41)47-27(26)14-2)48-36-34(46-25(10)40)29(38(11)12)33(23(8)44-36)45-24(9)39/h16,18-20,22-23,26-27,29,31-36H,13-15,17H2,1-12H3/b21-16+/t18-,19-,20+,22+,23?,26+,27-,29?,31+,32?,33?,34?,35?,36?/m1/s1. The number of hydrogen-bond donors (Lipinski definition) is 0. The Balaban J connectivity index is 2.06. The lowest BCUT2D eigenvalue weighted by atomic mass is 9.78. The van der Waals surface area contributed by atoms with Crippen LogP contribution in [0.2, 0.25) is 0 Å². The van der Waals surface area contributed by atoms with Gasteiger partial charge < -0.3 is 33.2 Å². The van der Waals surface area contributed by atoms with Gasteiger partial charge in [-0.1, -0.05) is 47.6 Å². The Labute approximate surface area is 297 Å². The third-order valence-corrected chi connectivity index (χ3v) is 10.5. The van der Waals surface area contributed by atoms with E-state index < -0.39 is 79.1 Å². The van der Waals surface area contributed by atoms with Crippen molar-refractivity contribution in [3.8, 4) is 0 Å². The topological polar surface area (TPSA) is 153 Å². The van der Waals surface area contributed by atoms with Crippen LogP contribution in [0.3, 0.4) is 0 Å². The molecule has 0 aromatic rings. The van der Waals surface area contributed by atoms with Crippen LogP contribution in [0, 0.1) is 29.6 Å². The molecule has 0 N–H and O–H groups in total. The molecule has 2 fully saturated rings. The van der Waals surface area contributed by atoms with E-state index in [9.17, 15) is 24.0 Å². The van der Waals surface area contributed by atoms with Crippen LogP contribution < -0.4 is 0 Å². The molecule has 0 aromatic carbocycles. The Bertz CT molecular complexity index is 1250. The van der Waals surface area contributed by atoms with Crippen molar-refractivity contribution >= 4 is 29.8 Å². The van der Waals surface area contributed by atoms with Crippen molar-refractivity contribution in [3.63, 3.8) is 0 Å². The molecule has 0 bridgehead atoms. The zero-order chi connectivity index (χ0) is 37.6. The average molecular weight is 710 g/mol. The quantitative estimate of drug-likeness (QED) is 0.198. The third kappa shape index (κ3) is 10.1. The molecular formula is C37H59NO12. The molecule has 13 heteroatoms. The van der Waals surface area contributed by atoms with Gasteiger partial charge in [-0.3, -0.25) is 24.1 Å². The average Bonchev–Trinajstić information content (AvgIpc) is 3.42. The van der Waals surface area contributed by atoms with Crippen molar-refractivity contribution in [2.45, 2.75) is 150 Å². The summed E-state index contributed by atoms with van der Waals surface area (Å²) >= 11 is 0. The van der Waals surface area contributed by atoms with E-state index in [-0.39, 0.29) is 41.8 Å². The van der Waals surface area contributed by atoms with E-state index in [1.165, 1.54) is 13.8 Å². The molecule has 3 aliphatic rings. The summed E-state index contributed by atoms with van der Waals surface area (Å²) in [7, 11) is 3.59. The molecular weight excluding hydrogens is 650 g/mol. The number of nitrogens with zero attached hydrogens (tertiary/aromatic N) is 1. The maximum atomic E-state index is 13.9. The molecule has 2 saturated heterocycles. The van der Waals surface area contributed by atoms with Crippen LogP contribution in [0.25, 0.3) is 0 Å². The highest BCUT2D eigenvalue weighted by Crippen LogP contribution is 2.37. The highest BCUT2D eigenvalue weighted by Gasteiger charge is 2.52. The lowest BCUT2D eigenvalue weighted by molar-refractivity contribution is -0.306. The van der Waals surface area contributed by atoms with E-state index in [2.05, 4.69) is 0 Å². The monoisotopic (exact) mass is 709 g/mol. The molecule has 14 atom stereocenters. The summed E-state index contributed by atoms with van der Waals surface area (Å²) in [6, 6.07) is -0.607. The summed E-state index contributed by atoms with van der Waals surface area (Å²) in [4.78, 5) is 66.1. The van der Waals surface area contributed by atoms with Gasteiger partial charge in [-0.05, 0) is 70.5 Å². The number of cyclic esters (lactones) is 1. The number of likely N-dealkylation sites (N-methyl/N-ethyl adjacent to an activating group) is 1. The molecule has 0 aromatic heterocycles. The Morgan fingerprint density at radius 3 is 2.00 bits per heavy atom. The summed E-state index contributed by atoms with van der Waals surface area (Å²) in [5.74, 6) is -3.18. The van der Waals surface area contributed by atoms with Crippen LogP contribution in [0.15, 0.2) is 11.6 Å². The van der Waals surface area contributed by atoms with Crippen LogP contribution in [0.1, 0.15) is 94.9 Å². The fraction of sp³-hybridized carbons (Fsp3) is 0.811. The second-order valence-corrected chi connectivity index (χ2v) is 14.7. The first-order valence-electron chi connectivity index (χ1n) is 18.0. The van der Waals surface area contributed by atoms with Crippen molar-refractivity contribution in [1.82, 2.24) is 4.90 Å². The molecule has 13 nitrogen and oxygen atoms in total. The number of esters is 3. The molecule has 0 spiro atoms. The Hall–Kier alpha value is -3.03. The van der Waals surface area contributed by atoms with Gasteiger partial charge in [-0.25, -0.2) is 4.79 Å². The van der Waals surface area contributed by atoms with Crippen molar-refractivity contribution in [3.05, 3.63) is 11.6 Å². The van der Waals surface area contributed by atoms with Crippen LogP contribution in [-0.4, -0.2) is 104 Å². The molecule has 3 aliphatic heterocycles. The summed E-state index contributed by atoms with van der Waals surface area (Å²) < 4.78 is 41.6. The fourth-order valence-corrected chi connectivity index (χ4v) is 7.66. The molecule has 50 heavy (non-hydrogen) atoms. The fourth-order valence-electron chi connectivity index (χ4n) is 7.66. The lowest BCUT2D eigenvalue weighted by Crippen LogP contribution is -2.65. The first-order valence-corrected chi connectivity index (χ1v) is 18.0. The molecule has 0 radical (unpaired) electrons. The van der Waals surface area contributed by atoms with Crippen molar-refractivity contribution < 1.29 is 57.1 Å². The van der Waals surface area contributed by atoms with Gasteiger partial charge in [0.25, 0.3) is 0 Å². The number of ether oxygens (including phenoxy) is 7. The largest absolute Gasteiger partial charge is 0.509 e. The highest BCUT2D eigenvalue weighted by molar-refractivity contribution is 5.89. The molecule has 0 saturated carbocycles. The molecule has 284 valence electrons. The van der Waals surface area contributed by atoms with Crippen molar-refractivity contribution in [2.24, 2.45) is 29.6 Å². The number of rotatable bonds is 7. The number of ketones is 1. The lowest BCUT2D eigenvalue weighted by Gasteiger charge is -2.48. The molecule has 3 rings (SSSR count). The van der Waals surface area contributed by atoms with Crippen LogP contribution in [-0.2, 0) is 52.3 Å². The van der Waals surface area contributed by atoms with Gasteiger partial charge in [0.15, 0.2) is 24.3 Å². The highest BCUT2D eigenvalue weighted by atomic mass is 16.8. The number of carbonyl (C=O) groups excluding carboxylic acids is 5. The molecule has 0 amide bonds. The number of fused-ring (bicyclic) bond motifs is 1. The molecule has 3 heterocycles. The van der Waals surface area contributed by atoms with Gasteiger partial charge in [-0.15, -0.1) is 0 Å². The second kappa shape index (κ2) is 17.9. The predicted octanol–water partition coefficient (Wildman–Crippen LogP) is 5.02. The van der Waals surface area contributed by atoms with Gasteiger partial charge in [-0.2, -0.15) is 0 Å². The van der Waals surface area contributed by atoms with Gasteiger partial charge in [0.05, 0.1) is 18.2 Å². The minimum atomic E-state index is -1.13. The van der Waals surface area contributed by atoms with Gasteiger partial charge >= 0.3 is 24.1 Å². The molecule has 0 aliphatic carbocycles. The maximum absolute atomic E-state index is 13.9. The number of hydrogen-bond acceptors (Lipinski definition) is 13. The normalized spacial score (nSPS) is 40.1. The smallest absolute Gasteiger partial charge is 0.462 e. The summed E-state index contributed by atoms with van der Waals surface area (Å²) in [6.45, 7) is 17.8. The predicted molar refractivity (Wildman–Crippen MR) is 182 cm³/mol. The van der Waals surface area contributed by atoms with Crippen LogP contribution in [0.5, 0.6) is 0 Å². The van der Waals surface area contributed by atoms with E-state index in [0.29, 0.717) is 24.8 Å². The zero-order valence-corrected chi connectivity index (χ0v) is 31.8. The van der Waals surface area contributed by atoms with Gasteiger partial charge in [0.2, 0.25) is 6.10 Å². The SMILES string of the molecule is CC[C@H]1/C=C(\C)C2OC(=O)OC2C(=O)[C@H](C)C[C@H](C)[C@H](OC2OC(C)C(OC(C)=O)C(N(C)C)C2OC(C)=O)[C@@H](C)[C@H](C)CC(=O)O[C@@H]1CC. The summed E-state index contributed by atoms with van der Waals surface area (Å²) in [6.07, 6.45) is -3.78. The number of Topliss-reactive ketones (excluding diaryl/α,β-unsaturated/α-hetero) is 1. The Morgan fingerprint density at radius 2 is 1.44 bits per heavy atom. The van der Waals surface area contributed by atoms with Gasteiger partial charge in [0.1, 0.15) is 12.2 Å². The van der Waals surface area contributed by atoms with Crippen molar-refractivity contribution in [2.75, 3.05) is 14.1 Å². The number of carbonyl (C=O) groups is 5. The Kier molecular flexibility index (Phi) is 14.9. The maximum Gasteiger partial charge on any atom is 0.509 e. The minimum Gasteiger partial charge on any atom is -0.462 e. The van der Waals surface area contributed by atoms with Crippen LogP contribution >= 0.6 is 0 Å². The van der Waals surface area contributed by atoms with Crippen LogP contribution in [0.4, 0.5) is 4.79 Å². The van der Waals surface area contributed by atoms with Crippen molar-refractivity contribution in [1.29, 1.82) is 0 Å². The minimum absolute atomic E-state index is 0.123. The summed E-state index contributed by atoms with van der Waals surface area (Å²) in [5, 5.41) is 0. The van der Waals surface area contributed by atoms with E-state index in [1.807, 2.05) is 45.6 Å². The van der Waals surface area contributed by atoms with E-state index in [0.717, 1.165) is 0 Å².